The van der Waals surface area contributed by atoms with Gasteiger partial charge in [-0.3, -0.25) is 0 Å². The Morgan fingerprint density at radius 2 is 1.78 bits per heavy atom. The normalized spacial score (nSPS) is 22.0. The summed E-state index contributed by atoms with van der Waals surface area (Å²) in [5, 5.41) is 3.21. The molecule has 128 valence electrons. The first-order valence-electron chi connectivity index (χ1n) is 7.54. The Morgan fingerprint density at radius 3 is 2.35 bits per heavy atom. The molecular formula is C17H21F4NO. The molecule has 2 atom stereocenters. The highest BCUT2D eigenvalue weighted by Crippen LogP contribution is 2.51. The molecule has 0 fully saturated rings. The van der Waals surface area contributed by atoms with E-state index in [2.05, 4.69) is 5.32 Å². The molecule has 0 saturated heterocycles. The number of hydrogen-bond donors (Lipinski definition) is 1. The average Bonchev–Trinajstić information content (AvgIpc) is 2.65. The molecule has 0 radical (unpaired) electrons. The Bertz CT molecular complexity index is 629. The van der Waals surface area contributed by atoms with Gasteiger partial charge in [-0.05, 0) is 25.0 Å². The first-order chi connectivity index (χ1) is 10.7. The van der Waals surface area contributed by atoms with Gasteiger partial charge >= 0.3 is 0 Å². The van der Waals surface area contributed by atoms with Crippen LogP contribution in [0.2, 0.25) is 0 Å². The van der Waals surface area contributed by atoms with Crippen LogP contribution < -0.4 is 5.32 Å². The van der Waals surface area contributed by atoms with Gasteiger partial charge in [0.1, 0.15) is 5.83 Å². The minimum Gasteiger partial charge on any atom is -0.383 e. The van der Waals surface area contributed by atoms with Crippen molar-refractivity contribution in [3.8, 4) is 0 Å². The van der Waals surface area contributed by atoms with Crippen molar-refractivity contribution in [3.05, 3.63) is 40.7 Å². The van der Waals surface area contributed by atoms with E-state index >= 15 is 0 Å². The van der Waals surface area contributed by atoms with E-state index < -0.39 is 34.3 Å². The first kappa shape index (κ1) is 17.9. The van der Waals surface area contributed by atoms with Crippen molar-refractivity contribution < 1.29 is 22.3 Å². The largest absolute Gasteiger partial charge is 0.383 e. The van der Waals surface area contributed by atoms with E-state index in [1.165, 1.54) is 13.2 Å². The third-order valence-electron chi connectivity index (χ3n) is 4.11. The third kappa shape index (κ3) is 3.02. The summed E-state index contributed by atoms with van der Waals surface area (Å²) < 4.78 is 61.5. The molecule has 1 N–H and O–H groups in total. The lowest BCUT2D eigenvalue weighted by Crippen LogP contribution is -2.41. The fourth-order valence-corrected chi connectivity index (χ4v) is 3.40. The van der Waals surface area contributed by atoms with Crippen LogP contribution in [-0.2, 0) is 10.2 Å². The minimum absolute atomic E-state index is 0.0886. The van der Waals surface area contributed by atoms with E-state index in [4.69, 9.17) is 4.74 Å². The topological polar surface area (TPSA) is 21.3 Å². The Labute approximate surface area is 133 Å². The Kier molecular flexibility index (Phi) is 5.16. The van der Waals surface area contributed by atoms with Gasteiger partial charge < -0.3 is 10.1 Å². The molecule has 1 aromatic rings. The summed E-state index contributed by atoms with van der Waals surface area (Å²) in [6.07, 6.45) is 0.163. The molecule has 2 unspecified atom stereocenters. The molecule has 1 aliphatic rings. The van der Waals surface area contributed by atoms with Gasteiger partial charge in [-0.1, -0.05) is 19.9 Å². The van der Waals surface area contributed by atoms with Crippen molar-refractivity contribution in [2.24, 2.45) is 0 Å². The molecule has 0 heterocycles. The Morgan fingerprint density at radius 1 is 1.13 bits per heavy atom. The molecule has 2 nitrogen and oxygen atoms in total. The lowest BCUT2D eigenvalue weighted by molar-refractivity contribution is 0.123. The maximum atomic E-state index is 14.7. The lowest BCUT2D eigenvalue weighted by atomic mass is 9.77. The smallest absolute Gasteiger partial charge is 0.169 e. The van der Waals surface area contributed by atoms with Crippen LogP contribution in [0.1, 0.15) is 38.3 Å². The summed E-state index contributed by atoms with van der Waals surface area (Å²) >= 11 is 0. The van der Waals surface area contributed by atoms with E-state index in [0.717, 1.165) is 6.07 Å². The van der Waals surface area contributed by atoms with Crippen molar-refractivity contribution in [1.29, 1.82) is 0 Å². The average molecular weight is 331 g/mol. The standard InChI is InChI=1S/C17H21F4NO/c1-9(2)22-10(3)7-17(8-23-4)11-5-6-12(18)14(19)13(11)15(20)16(17)21/h5-6,9-10,22H,7-8H2,1-4H3. The van der Waals surface area contributed by atoms with Crippen LogP contribution in [0.4, 0.5) is 17.6 Å². The van der Waals surface area contributed by atoms with Gasteiger partial charge in [0.05, 0.1) is 17.6 Å². The molecule has 0 amide bonds. The van der Waals surface area contributed by atoms with Crippen molar-refractivity contribution >= 4 is 5.83 Å². The van der Waals surface area contributed by atoms with E-state index in [1.54, 1.807) is 0 Å². The summed E-state index contributed by atoms with van der Waals surface area (Å²) in [5.74, 6) is -5.01. The molecule has 1 aromatic carbocycles. The van der Waals surface area contributed by atoms with Crippen LogP contribution in [0, 0.1) is 11.6 Å². The number of rotatable bonds is 6. The summed E-state index contributed by atoms with van der Waals surface area (Å²) in [5.41, 5.74) is -1.99. The molecule has 2 rings (SSSR count). The predicted molar refractivity (Wildman–Crippen MR) is 81.4 cm³/mol. The number of benzene rings is 1. The van der Waals surface area contributed by atoms with Crippen molar-refractivity contribution in [3.63, 3.8) is 0 Å². The number of ether oxygens (including phenoxy) is 1. The monoisotopic (exact) mass is 331 g/mol. The molecule has 6 heteroatoms. The van der Waals surface area contributed by atoms with Crippen LogP contribution >= 0.6 is 0 Å². The number of halogens is 4. The molecule has 0 saturated carbocycles. The minimum atomic E-state index is -1.45. The lowest BCUT2D eigenvalue weighted by Gasteiger charge is -2.33. The second-order valence-corrected chi connectivity index (χ2v) is 6.35. The second-order valence-electron chi connectivity index (χ2n) is 6.35. The Hall–Kier alpha value is -1.40. The number of methoxy groups -OCH3 is 1. The maximum Gasteiger partial charge on any atom is 0.169 e. The van der Waals surface area contributed by atoms with Gasteiger partial charge in [0.2, 0.25) is 0 Å². The zero-order valence-corrected chi connectivity index (χ0v) is 13.6. The van der Waals surface area contributed by atoms with Crippen LogP contribution in [0.5, 0.6) is 0 Å². The molecule has 1 aliphatic carbocycles. The number of hydrogen-bond acceptors (Lipinski definition) is 2. The number of nitrogens with one attached hydrogen (secondary N) is 1. The summed E-state index contributed by atoms with van der Waals surface area (Å²) in [6, 6.07) is 2.10. The molecule has 23 heavy (non-hydrogen) atoms. The van der Waals surface area contributed by atoms with Crippen molar-refractivity contribution in [1.82, 2.24) is 5.32 Å². The summed E-state index contributed by atoms with van der Waals surface area (Å²) in [6.45, 7) is 5.54. The van der Waals surface area contributed by atoms with Crippen LogP contribution in [0.25, 0.3) is 5.83 Å². The Balaban J connectivity index is 2.55. The van der Waals surface area contributed by atoms with Crippen LogP contribution in [0.3, 0.4) is 0 Å². The van der Waals surface area contributed by atoms with Gasteiger partial charge in [0, 0.05) is 19.2 Å². The molecule has 0 aliphatic heterocycles. The number of fused-ring (bicyclic) bond motifs is 1. The third-order valence-corrected chi connectivity index (χ3v) is 4.11. The summed E-state index contributed by atoms with van der Waals surface area (Å²) in [7, 11) is 1.37. The van der Waals surface area contributed by atoms with E-state index in [-0.39, 0.29) is 30.7 Å². The van der Waals surface area contributed by atoms with Crippen molar-refractivity contribution in [2.75, 3.05) is 13.7 Å². The van der Waals surface area contributed by atoms with Gasteiger partial charge in [-0.15, -0.1) is 0 Å². The quantitative estimate of drug-likeness (QED) is 0.787. The molecule has 0 aromatic heterocycles. The van der Waals surface area contributed by atoms with Gasteiger partial charge in [0.15, 0.2) is 17.5 Å². The van der Waals surface area contributed by atoms with E-state index in [9.17, 15) is 17.6 Å². The second kappa shape index (κ2) is 6.61. The fourth-order valence-electron chi connectivity index (χ4n) is 3.40. The molecular weight excluding hydrogens is 310 g/mol. The van der Waals surface area contributed by atoms with Gasteiger partial charge in [-0.2, -0.15) is 0 Å². The highest BCUT2D eigenvalue weighted by Gasteiger charge is 2.49. The summed E-state index contributed by atoms with van der Waals surface area (Å²) in [4.78, 5) is 0. The predicted octanol–water partition coefficient (Wildman–Crippen LogP) is 4.25. The van der Waals surface area contributed by atoms with Gasteiger partial charge in [-0.25, -0.2) is 17.6 Å². The van der Waals surface area contributed by atoms with Crippen molar-refractivity contribution in [2.45, 2.75) is 44.7 Å². The van der Waals surface area contributed by atoms with Crippen LogP contribution in [0.15, 0.2) is 18.0 Å². The van der Waals surface area contributed by atoms with E-state index in [0.29, 0.717) is 0 Å². The molecule has 0 bridgehead atoms. The maximum absolute atomic E-state index is 14.7. The molecule has 0 spiro atoms. The first-order valence-corrected chi connectivity index (χ1v) is 7.54. The van der Waals surface area contributed by atoms with E-state index in [1.807, 2.05) is 20.8 Å². The zero-order chi connectivity index (χ0) is 17.4. The fraction of sp³-hybridized carbons (Fsp3) is 0.529. The van der Waals surface area contributed by atoms with Crippen LogP contribution in [-0.4, -0.2) is 25.8 Å². The highest BCUT2D eigenvalue weighted by molar-refractivity contribution is 5.75. The highest BCUT2D eigenvalue weighted by atomic mass is 19.2. The zero-order valence-electron chi connectivity index (χ0n) is 13.6. The SMILES string of the molecule is COCC1(CC(C)NC(C)C)C(F)=C(F)c2c1ccc(F)c2F. The van der Waals surface area contributed by atoms with Gasteiger partial charge in [0.25, 0.3) is 0 Å².